The van der Waals surface area contributed by atoms with Gasteiger partial charge in [0.2, 0.25) is 76.8 Å². The van der Waals surface area contributed by atoms with Crippen molar-refractivity contribution in [3.8, 4) is 0 Å². The van der Waals surface area contributed by atoms with Crippen LogP contribution in [0.1, 0.15) is 104 Å². The molecule has 13 amide bonds. The van der Waals surface area contributed by atoms with Crippen molar-refractivity contribution < 1.29 is 82.1 Å². The Balaban J connectivity index is 3.54. The van der Waals surface area contributed by atoms with Gasteiger partial charge in [-0.25, -0.2) is 4.79 Å². The first-order valence-corrected chi connectivity index (χ1v) is 26.2. The van der Waals surface area contributed by atoms with Gasteiger partial charge >= 0.3 is 11.9 Å². The summed E-state index contributed by atoms with van der Waals surface area (Å²) in [6, 6.07) is -6.79. The number of carboxylic acid groups (broad SMARTS) is 2. The molecule has 32 nitrogen and oxygen atoms in total. The molecule has 0 radical (unpaired) electrons. The van der Waals surface area contributed by atoms with Crippen molar-refractivity contribution in [1.29, 1.82) is 0 Å². The fraction of sp³-hybridized carbons (Fsp3) is 0.580. The van der Waals surface area contributed by atoms with E-state index in [1.807, 2.05) is 0 Å². The average molecular weight is 1160 g/mol. The summed E-state index contributed by atoms with van der Waals surface area (Å²) in [7, 11) is 0. The van der Waals surface area contributed by atoms with Gasteiger partial charge in [0, 0.05) is 12.8 Å². The number of benzene rings is 1. The Bertz CT molecular complexity index is 2450. The molecule has 0 saturated heterocycles. The van der Waals surface area contributed by atoms with Gasteiger partial charge in [0.25, 0.3) is 0 Å². The third kappa shape index (κ3) is 27.9. The summed E-state index contributed by atoms with van der Waals surface area (Å²) in [4.78, 5) is 194. The molecule has 0 spiro atoms. The highest BCUT2D eigenvalue weighted by molar-refractivity contribution is 6.01. The van der Waals surface area contributed by atoms with Crippen LogP contribution in [0, 0.1) is 11.8 Å². The van der Waals surface area contributed by atoms with Gasteiger partial charge in [-0.1, -0.05) is 64.4 Å². The summed E-state index contributed by atoms with van der Waals surface area (Å²) in [5.74, 6) is -18.3. The maximum absolute atomic E-state index is 14.3. The fourth-order valence-corrected chi connectivity index (χ4v) is 7.68. The average Bonchev–Trinajstić information content (AvgIpc) is 3.38. The highest BCUT2D eigenvalue weighted by Gasteiger charge is 2.37. The molecule has 0 aliphatic heterocycles. The Labute approximate surface area is 471 Å². The first-order chi connectivity index (χ1) is 38.4. The molecule has 32 heteroatoms. The van der Waals surface area contributed by atoms with Gasteiger partial charge in [0.15, 0.2) is 0 Å². The molecule has 456 valence electrons. The monoisotopic (exact) mass is 1160 g/mol. The van der Waals surface area contributed by atoms with Crippen LogP contribution in [-0.4, -0.2) is 166 Å². The number of carbonyl (C=O) groups excluding carboxylic acids is 13. The van der Waals surface area contributed by atoms with E-state index in [2.05, 4.69) is 47.9 Å². The molecule has 0 aliphatic rings. The van der Waals surface area contributed by atoms with E-state index in [1.54, 1.807) is 51.1 Å². The lowest BCUT2D eigenvalue weighted by Gasteiger charge is -2.29. The number of nitrogens with two attached hydrogens (primary N) is 6. The molecule has 10 atom stereocenters. The van der Waals surface area contributed by atoms with Crippen LogP contribution in [0.5, 0.6) is 0 Å². The van der Waals surface area contributed by atoms with Crippen LogP contribution < -0.4 is 82.3 Å². The summed E-state index contributed by atoms with van der Waals surface area (Å²) >= 11 is 0. The van der Waals surface area contributed by atoms with Crippen molar-refractivity contribution in [3.63, 3.8) is 0 Å². The third-order valence-electron chi connectivity index (χ3n) is 12.2. The lowest BCUT2D eigenvalue weighted by molar-refractivity contribution is -0.144. The zero-order chi connectivity index (χ0) is 62.4. The SMILES string of the molecule is CC[C@H](C)[C@H](NC(=O)[C@H](CC(N)=O)NC(=O)[C@H](CC(=O)O)NC(=O)[C@H](CC(N)=O)NC(=O)[C@H](CC(C)C)NC(=O)CNC(=O)[C@@H](N)CCC(N)=O)C(=O)N[C@@H](Cc1ccccc1)C(=O)N[C@@H](CCCCN)C(=O)N[C@@H](CC(N)=O)C(=O)O. The van der Waals surface area contributed by atoms with Gasteiger partial charge in [-0.05, 0) is 56.0 Å². The molecular weight excluding hydrogens is 1080 g/mol. The van der Waals surface area contributed by atoms with Crippen molar-refractivity contribution in [1.82, 2.24) is 47.9 Å². The first-order valence-electron chi connectivity index (χ1n) is 26.2. The minimum atomic E-state index is -2.13. The summed E-state index contributed by atoms with van der Waals surface area (Å²) in [5, 5.41) is 40.2. The molecule has 1 aromatic carbocycles. The van der Waals surface area contributed by atoms with Crippen LogP contribution in [0.4, 0.5) is 0 Å². The number of hydrogen-bond acceptors (Lipinski definition) is 17. The second-order valence-electron chi connectivity index (χ2n) is 19.7. The molecule has 0 bridgehead atoms. The van der Waals surface area contributed by atoms with Gasteiger partial charge in [-0.2, -0.15) is 0 Å². The van der Waals surface area contributed by atoms with Gasteiger partial charge in [0.05, 0.1) is 38.3 Å². The second-order valence-corrected chi connectivity index (χ2v) is 19.7. The second kappa shape index (κ2) is 36.4. The van der Waals surface area contributed by atoms with Gasteiger partial charge in [0.1, 0.15) is 48.3 Å². The van der Waals surface area contributed by atoms with Crippen LogP contribution in [0.2, 0.25) is 0 Å². The number of primary amides is 4. The molecule has 0 aromatic heterocycles. The molecule has 0 saturated carbocycles. The van der Waals surface area contributed by atoms with Crippen molar-refractivity contribution in [2.75, 3.05) is 13.1 Å². The zero-order valence-corrected chi connectivity index (χ0v) is 46.1. The van der Waals surface area contributed by atoms with E-state index >= 15 is 0 Å². The quantitative estimate of drug-likeness (QED) is 0.0272. The van der Waals surface area contributed by atoms with Crippen LogP contribution in [-0.2, 0) is 78.3 Å². The van der Waals surface area contributed by atoms with Crippen molar-refractivity contribution >= 4 is 88.7 Å². The first kappa shape index (κ1) is 71.2. The van der Waals surface area contributed by atoms with E-state index in [1.165, 1.54) is 6.92 Å². The third-order valence-corrected chi connectivity index (χ3v) is 12.2. The molecule has 0 aliphatic carbocycles. The Morgan fingerprint density at radius 1 is 0.500 bits per heavy atom. The molecule has 0 heterocycles. The van der Waals surface area contributed by atoms with Crippen LogP contribution in [0.15, 0.2) is 30.3 Å². The lowest BCUT2D eigenvalue weighted by atomic mass is 9.96. The Kier molecular flexibility index (Phi) is 31.6. The maximum Gasteiger partial charge on any atom is 0.326 e. The molecule has 1 rings (SSSR count). The summed E-state index contributed by atoms with van der Waals surface area (Å²) in [6.45, 7) is 5.98. The molecule has 0 fully saturated rings. The summed E-state index contributed by atoms with van der Waals surface area (Å²) in [6.07, 6.45) is -3.82. The Morgan fingerprint density at radius 3 is 1.43 bits per heavy atom. The Hall–Kier alpha value is -8.81. The van der Waals surface area contributed by atoms with Crippen molar-refractivity contribution in [2.45, 2.75) is 159 Å². The van der Waals surface area contributed by atoms with E-state index in [0.717, 1.165) is 0 Å². The van der Waals surface area contributed by atoms with Crippen molar-refractivity contribution in [2.24, 2.45) is 46.2 Å². The number of hydrogen-bond donors (Lipinski definition) is 17. The summed E-state index contributed by atoms with van der Waals surface area (Å²) < 4.78 is 0. The number of amides is 13. The number of aliphatic carboxylic acids is 2. The van der Waals surface area contributed by atoms with E-state index < -0.39 is 181 Å². The van der Waals surface area contributed by atoms with Crippen molar-refractivity contribution in [3.05, 3.63) is 35.9 Å². The minimum absolute atomic E-state index is 0.0745. The number of carbonyl (C=O) groups is 15. The van der Waals surface area contributed by atoms with Crippen LogP contribution in [0.25, 0.3) is 0 Å². The maximum atomic E-state index is 14.3. The van der Waals surface area contributed by atoms with Gasteiger partial charge in [-0.15, -0.1) is 0 Å². The van der Waals surface area contributed by atoms with Crippen LogP contribution in [0.3, 0.4) is 0 Å². The Morgan fingerprint density at radius 2 is 0.951 bits per heavy atom. The predicted molar refractivity (Wildman–Crippen MR) is 288 cm³/mol. The normalized spacial score (nSPS) is 14.6. The fourth-order valence-electron chi connectivity index (χ4n) is 7.68. The number of unbranched alkanes of at least 4 members (excludes halogenated alkanes) is 1. The highest BCUT2D eigenvalue weighted by Crippen LogP contribution is 2.13. The largest absolute Gasteiger partial charge is 0.481 e. The lowest BCUT2D eigenvalue weighted by Crippen LogP contribution is -2.62. The summed E-state index contributed by atoms with van der Waals surface area (Å²) in [5.41, 5.74) is 32.9. The van der Waals surface area contributed by atoms with E-state index in [0.29, 0.717) is 12.0 Å². The zero-order valence-electron chi connectivity index (χ0n) is 46.1. The van der Waals surface area contributed by atoms with E-state index in [9.17, 15) is 82.1 Å². The molecule has 23 N–H and O–H groups in total. The van der Waals surface area contributed by atoms with E-state index in [4.69, 9.17) is 34.4 Å². The molecule has 1 aromatic rings. The number of rotatable bonds is 40. The topological polar surface area (TPSA) is 561 Å². The molecular formula is C50H79N15O17. The molecule has 0 unspecified atom stereocenters. The minimum Gasteiger partial charge on any atom is -0.481 e. The number of carboxylic acids is 2. The van der Waals surface area contributed by atoms with Gasteiger partial charge in [-0.3, -0.25) is 67.1 Å². The van der Waals surface area contributed by atoms with E-state index in [-0.39, 0.29) is 57.4 Å². The standard InChI is InChI=1S/C50H79N15O17/c1-5-25(4)41(49(80)63-30(18-26-11-7-6-8-12-26)45(76)59-28(13-9-10-16-51)43(74)64-34(50(81)82)21-38(56)69)65-48(79)32(20-37(55)68)61-47(78)33(22-40(71)72)62-46(77)31(19-36(54)67)60-44(75)29(17-24(2)3)58-39(70)23-57-42(73)27(52)14-15-35(53)66/h6-8,11-12,24-25,27-34,41H,5,9-10,13-23,51-52H2,1-4H3,(H2,53,66)(H2,54,67)(H2,55,68)(H2,56,69)(H,57,73)(H,58,70)(H,59,76)(H,60,75)(H,61,78)(H,62,77)(H,63,80)(H,64,74)(H,65,79)(H,71,72)(H,81,82)/t25-,27-,28-,29-,30-,31-,32-,33-,34-,41-/m0/s1. The highest BCUT2D eigenvalue weighted by atomic mass is 16.4. The number of nitrogens with one attached hydrogen (secondary N) is 9. The predicted octanol–water partition coefficient (Wildman–Crippen LogP) is -6.78. The van der Waals surface area contributed by atoms with Gasteiger partial charge < -0.3 is 92.5 Å². The smallest absolute Gasteiger partial charge is 0.326 e. The van der Waals surface area contributed by atoms with Crippen LogP contribution >= 0.6 is 0 Å². The molecule has 82 heavy (non-hydrogen) atoms.